The molecule has 0 spiro atoms. The molecule has 4 aromatic rings. The Morgan fingerprint density at radius 2 is 1.90 bits per heavy atom. The predicted octanol–water partition coefficient (Wildman–Crippen LogP) is 2.44. The van der Waals surface area contributed by atoms with Crippen molar-refractivity contribution in [1.29, 1.82) is 0 Å². The largest absolute Gasteiger partial charge is 0.459 e. The monoisotopic (exact) mass is 403 g/mol. The third-order valence-electron chi connectivity index (χ3n) is 5.47. The van der Waals surface area contributed by atoms with Crippen LogP contribution in [0.4, 0.5) is 5.82 Å². The van der Waals surface area contributed by atoms with Crippen molar-refractivity contribution in [3.05, 3.63) is 72.6 Å². The third kappa shape index (κ3) is 3.11. The Morgan fingerprint density at radius 3 is 2.67 bits per heavy atom. The molecule has 1 N–H and O–H groups in total. The van der Waals surface area contributed by atoms with E-state index in [1.165, 1.54) is 6.26 Å². The van der Waals surface area contributed by atoms with Crippen LogP contribution in [0, 0.1) is 0 Å². The Hall–Kier alpha value is -3.65. The normalized spacial score (nSPS) is 14.4. The van der Waals surface area contributed by atoms with Crippen LogP contribution < -0.4 is 4.90 Å². The van der Waals surface area contributed by atoms with Crippen LogP contribution in [0.3, 0.4) is 0 Å². The summed E-state index contributed by atoms with van der Waals surface area (Å²) in [5.41, 5.74) is 3.40. The summed E-state index contributed by atoms with van der Waals surface area (Å²) in [4.78, 5) is 25.7. The molecule has 1 amide bonds. The Labute approximate surface area is 173 Å². The van der Waals surface area contributed by atoms with E-state index in [0.29, 0.717) is 31.9 Å². The molecule has 0 bridgehead atoms. The molecule has 5 rings (SSSR count). The van der Waals surface area contributed by atoms with Gasteiger partial charge in [0.15, 0.2) is 17.2 Å². The zero-order chi connectivity index (χ0) is 20.5. The summed E-state index contributed by atoms with van der Waals surface area (Å²) in [6, 6.07) is 11.1. The van der Waals surface area contributed by atoms with Crippen LogP contribution in [0.25, 0.3) is 16.9 Å². The summed E-state index contributed by atoms with van der Waals surface area (Å²) >= 11 is 0. The molecule has 4 heterocycles. The molecule has 1 saturated heterocycles. The van der Waals surface area contributed by atoms with Crippen LogP contribution in [0.5, 0.6) is 0 Å². The van der Waals surface area contributed by atoms with Crippen molar-refractivity contribution in [3.8, 4) is 11.3 Å². The molecule has 0 radical (unpaired) electrons. The Bertz CT molecular complexity index is 1180. The summed E-state index contributed by atoms with van der Waals surface area (Å²) in [6.07, 6.45) is 6.99. The molecule has 8 nitrogen and oxygen atoms in total. The van der Waals surface area contributed by atoms with Gasteiger partial charge in [-0.2, -0.15) is 0 Å². The second-order valence-corrected chi connectivity index (χ2v) is 7.16. The summed E-state index contributed by atoms with van der Waals surface area (Å²) in [6.45, 7) is 2.45. The van der Waals surface area contributed by atoms with E-state index in [-0.39, 0.29) is 12.5 Å². The molecule has 0 unspecified atom stereocenters. The highest BCUT2D eigenvalue weighted by Gasteiger charge is 2.26. The Kier molecular flexibility index (Phi) is 4.68. The minimum Gasteiger partial charge on any atom is -0.459 e. The summed E-state index contributed by atoms with van der Waals surface area (Å²) in [5, 5.41) is 9.71. The molecule has 0 saturated carbocycles. The van der Waals surface area contributed by atoms with E-state index in [4.69, 9.17) is 9.40 Å². The molecule has 1 aliphatic heterocycles. The SMILES string of the molecule is O=C(c1ccco1)N1CCN(c2ncc(-c3ccccc3CO)n3ccnc23)CC1. The van der Waals surface area contributed by atoms with Crippen LogP contribution in [0.1, 0.15) is 16.1 Å². The van der Waals surface area contributed by atoms with Crippen LogP contribution in [-0.4, -0.2) is 56.5 Å². The van der Waals surface area contributed by atoms with Gasteiger partial charge < -0.3 is 19.3 Å². The van der Waals surface area contributed by atoms with Gasteiger partial charge in [0.1, 0.15) is 0 Å². The quantitative estimate of drug-likeness (QED) is 0.563. The fraction of sp³-hybridized carbons (Fsp3) is 0.227. The van der Waals surface area contributed by atoms with Crippen LogP contribution in [-0.2, 0) is 6.61 Å². The molecule has 152 valence electrons. The van der Waals surface area contributed by atoms with Crippen molar-refractivity contribution >= 4 is 17.4 Å². The lowest BCUT2D eigenvalue weighted by molar-refractivity contribution is 0.0714. The number of aliphatic hydroxyl groups is 1. The van der Waals surface area contributed by atoms with Crippen molar-refractivity contribution in [2.24, 2.45) is 0 Å². The Balaban J connectivity index is 1.42. The van der Waals surface area contributed by atoms with E-state index >= 15 is 0 Å². The zero-order valence-corrected chi connectivity index (χ0v) is 16.3. The Morgan fingerprint density at radius 1 is 1.07 bits per heavy atom. The fourth-order valence-electron chi connectivity index (χ4n) is 3.91. The number of amides is 1. The number of aliphatic hydroxyl groups excluding tert-OH is 1. The van der Waals surface area contributed by atoms with Gasteiger partial charge in [-0.15, -0.1) is 0 Å². The van der Waals surface area contributed by atoms with Gasteiger partial charge in [-0.05, 0) is 17.7 Å². The number of aromatic nitrogens is 3. The van der Waals surface area contributed by atoms with Gasteiger partial charge in [-0.3, -0.25) is 9.20 Å². The summed E-state index contributed by atoms with van der Waals surface area (Å²) < 4.78 is 7.23. The number of carbonyl (C=O) groups excluding carboxylic acids is 1. The average Bonchev–Trinajstić information content (AvgIpc) is 3.50. The van der Waals surface area contributed by atoms with Crippen LogP contribution >= 0.6 is 0 Å². The van der Waals surface area contributed by atoms with Gasteiger partial charge in [0.25, 0.3) is 5.91 Å². The number of piperazine rings is 1. The predicted molar refractivity (Wildman–Crippen MR) is 111 cm³/mol. The van der Waals surface area contributed by atoms with Gasteiger partial charge in [0, 0.05) is 44.1 Å². The van der Waals surface area contributed by atoms with E-state index in [1.807, 2.05) is 41.1 Å². The van der Waals surface area contributed by atoms with Crippen molar-refractivity contribution < 1.29 is 14.3 Å². The lowest BCUT2D eigenvalue weighted by Crippen LogP contribution is -2.49. The first kappa shape index (κ1) is 18.4. The fourth-order valence-corrected chi connectivity index (χ4v) is 3.91. The smallest absolute Gasteiger partial charge is 0.289 e. The molecule has 1 aromatic carbocycles. The minimum atomic E-state index is -0.0884. The maximum Gasteiger partial charge on any atom is 0.289 e. The average molecular weight is 403 g/mol. The number of hydrogen-bond donors (Lipinski definition) is 1. The first-order valence-electron chi connectivity index (χ1n) is 9.85. The number of hydrogen-bond acceptors (Lipinski definition) is 6. The topological polar surface area (TPSA) is 87.1 Å². The second kappa shape index (κ2) is 7.64. The van der Waals surface area contributed by atoms with Crippen molar-refractivity contribution in [1.82, 2.24) is 19.3 Å². The number of imidazole rings is 1. The zero-order valence-electron chi connectivity index (χ0n) is 16.3. The number of benzene rings is 1. The summed E-state index contributed by atoms with van der Waals surface area (Å²) in [5.74, 6) is 1.06. The van der Waals surface area contributed by atoms with Gasteiger partial charge in [0.05, 0.1) is 24.8 Å². The van der Waals surface area contributed by atoms with E-state index in [0.717, 1.165) is 28.3 Å². The lowest BCUT2D eigenvalue weighted by atomic mass is 10.1. The number of fused-ring (bicyclic) bond motifs is 1. The number of furan rings is 1. The van der Waals surface area contributed by atoms with E-state index < -0.39 is 0 Å². The molecule has 0 atom stereocenters. The number of nitrogens with zero attached hydrogens (tertiary/aromatic N) is 5. The van der Waals surface area contributed by atoms with Gasteiger partial charge >= 0.3 is 0 Å². The van der Waals surface area contributed by atoms with E-state index in [9.17, 15) is 9.90 Å². The highest BCUT2D eigenvalue weighted by molar-refractivity contribution is 5.91. The molecule has 1 fully saturated rings. The van der Waals surface area contributed by atoms with E-state index in [1.54, 1.807) is 23.2 Å². The molecule has 8 heteroatoms. The standard InChI is InChI=1S/C22H21N5O3/c28-15-16-4-1-2-5-17(16)18-14-24-20(21-23-7-8-27(18)21)25-9-11-26(12-10-25)22(29)19-6-3-13-30-19/h1-8,13-14,28H,9-12,15H2. The van der Waals surface area contributed by atoms with Gasteiger partial charge in [-0.1, -0.05) is 24.3 Å². The maximum atomic E-state index is 12.5. The lowest BCUT2D eigenvalue weighted by Gasteiger charge is -2.35. The highest BCUT2D eigenvalue weighted by atomic mass is 16.3. The van der Waals surface area contributed by atoms with Crippen molar-refractivity contribution in [2.45, 2.75) is 6.61 Å². The third-order valence-corrected chi connectivity index (χ3v) is 5.47. The first-order chi connectivity index (χ1) is 14.8. The number of anilines is 1. The minimum absolute atomic E-state index is 0.0419. The molecular formula is C22H21N5O3. The number of rotatable bonds is 4. The van der Waals surface area contributed by atoms with Crippen molar-refractivity contribution in [3.63, 3.8) is 0 Å². The molecule has 1 aliphatic rings. The summed E-state index contributed by atoms with van der Waals surface area (Å²) in [7, 11) is 0. The van der Waals surface area contributed by atoms with Crippen molar-refractivity contribution in [2.75, 3.05) is 31.1 Å². The van der Waals surface area contributed by atoms with Gasteiger partial charge in [-0.25, -0.2) is 9.97 Å². The second-order valence-electron chi connectivity index (χ2n) is 7.16. The molecule has 3 aromatic heterocycles. The highest BCUT2D eigenvalue weighted by Crippen LogP contribution is 2.28. The molecule has 30 heavy (non-hydrogen) atoms. The van der Waals surface area contributed by atoms with Crippen LogP contribution in [0.2, 0.25) is 0 Å². The maximum absolute atomic E-state index is 12.5. The number of carbonyl (C=O) groups is 1. The van der Waals surface area contributed by atoms with Gasteiger partial charge in [0.2, 0.25) is 0 Å². The van der Waals surface area contributed by atoms with Crippen LogP contribution in [0.15, 0.2) is 65.7 Å². The first-order valence-corrected chi connectivity index (χ1v) is 9.85. The van der Waals surface area contributed by atoms with E-state index in [2.05, 4.69) is 9.88 Å². The molecular weight excluding hydrogens is 382 g/mol. The molecule has 0 aliphatic carbocycles.